The molecule has 54 heavy (non-hydrogen) atoms. The minimum absolute atomic E-state index is 0.0251. The Morgan fingerprint density at radius 3 is 2.24 bits per heavy atom. The predicted octanol–water partition coefficient (Wildman–Crippen LogP) is 0.605. The topological polar surface area (TPSA) is 228 Å². The molecule has 0 amide bonds. The summed E-state index contributed by atoms with van der Waals surface area (Å²) in [6.07, 6.45) is -5.12. The summed E-state index contributed by atoms with van der Waals surface area (Å²) in [6.45, 7) is 10.4. The van der Waals surface area contributed by atoms with Crippen LogP contribution < -0.4 is 0 Å². The van der Waals surface area contributed by atoms with Gasteiger partial charge in [0.1, 0.15) is 36.6 Å². The fourth-order valence-electron chi connectivity index (χ4n) is 12.2. The second-order valence-electron chi connectivity index (χ2n) is 18.4. The van der Waals surface area contributed by atoms with Gasteiger partial charge >= 0.3 is 0 Å². The van der Waals surface area contributed by atoms with Gasteiger partial charge in [0.15, 0.2) is 12.6 Å². The van der Waals surface area contributed by atoms with Crippen LogP contribution in [0.25, 0.3) is 0 Å². The Morgan fingerprint density at radius 2 is 1.59 bits per heavy atom. The lowest BCUT2D eigenvalue weighted by atomic mass is 9.43. The third-order valence-electron chi connectivity index (χ3n) is 15.1. The van der Waals surface area contributed by atoms with Crippen LogP contribution in [-0.2, 0) is 23.7 Å². The molecular weight excluding hydrogens is 704 g/mol. The number of ether oxygens (including phenoxy) is 5. The van der Waals surface area contributed by atoms with Crippen molar-refractivity contribution < 1.29 is 69.6 Å². The van der Waals surface area contributed by atoms with E-state index < -0.39 is 103 Å². The molecule has 0 spiro atoms. The Morgan fingerprint density at radius 1 is 0.870 bits per heavy atom. The first-order chi connectivity index (χ1) is 25.4. The summed E-state index contributed by atoms with van der Waals surface area (Å²) < 4.78 is 28.6. The van der Waals surface area contributed by atoms with Gasteiger partial charge in [-0.05, 0) is 84.5 Å². The molecule has 14 heteroatoms. The number of aliphatic hydroxyl groups is 9. The van der Waals surface area contributed by atoms with E-state index in [2.05, 4.69) is 34.6 Å². The Hall–Kier alpha value is -0.820. The van der Waals surface area contributed by atoms with Crippen LogP contribution in [0, 0.1) is 46.3 Å². The van der Waals surface area contributed by atoms with Crippen molar-refractivity contribution in [1.82, 2.24) is 0 Å². The molecule has 2 aliphatic heterocycles. The summed E-state index contributed by atoms with van der Waals surface area (Å²) in [4.78, 5) is 0. The molecule has 6 aliphatic rings. The number of hydrogen-bond acceptors (Lipinski definition) is 14. The van der Waals surface area contributed by atoms with Gasteiger partial charge in [0.25, 0.3) is 0 Å². The maximum absolute atomic E-state index is 12.8. The van der Waals surface area contributed by atoms with Crippen molar-refractivity contribution in [2.75, 3.05) is 26.9 Å². The van der Waals surface area contributed by atoms with Crippen molar-refractivity contribution >= 4 is 0 Å². The van der Waals surface area contributed by atoms with E-state index in [0.29, 0.717) is 44.6 Å². The number of rotatable bonds is 13. The average Bonchev–Trinajstić information content (AvgIpc) is 3.51. The fourth-order valence-corrected chi connectivity index (χ4v) is 12.2. The van der Waals surface area contributed by atoms with E-state index in [1.807, 2.05) is 6.08 Å². The van der Waals surface area contributed by atoms with Crippen LogP contribution in [0.3, 0.4) is 0 Å². The number of fused-ring (bicyclic) bond motifs is 5. The molecule has 14 nitrogen and oxygen atoms in total. The molecule has 312 valence electrons. The van der Waals surface area contributed by atoms with Crippen molar-refractivity contribution in [3.8, 4) is 0 Å². The molecule has 2 heterocycles. The summed E-state index contributed by atoms with van der Waals surface area (Å²) in [6, 6.07) is 0. The lowest BCUT2D eigenvalue weighted by molar-refractivity contribution is -0.285. The van der Waals surface area contributed by atoms with Gasteiger partial charge in [-0.1, -0.05) is 47.1 Å². The number of aliphatic hydroxyl groups excluding tert-OH is 8. The highest BCUT2D eigenvalue weighted by Crippen LogP contribution is 2.69. The van der Waals surface area contributed by atoms with Crippen molar-refractivity contribution in [2.24, 2.45) is 46.3 Å². The quantitative estimate of drug-likeness (QED) is 0.117. The maximum Gasteiger partial charge on any atom is 0.187 e. The van der Waals surface area contributed by atoms with Gasteiger partial charge in [-0.25, -0.2) is 0 Å². The van der Waals surface area contributed by atoms with E-state index in [1.165, 1.54) is 7.11 Å². The SMILES string of the molecule is CO[C@H]1[C@H](O[C@@H]2C=C3[C@H](O)C[C@@]4(O)[C@@H]5[C@@H](O)[C@H](O)[C@H]([C@H](C)CC[C@H](CCO[C@H]6O[C@@H](CO)[C@H](O)[C@@H]6O)C(C)C)[C@@]5(C)CC[C@@H]4[C@@]3(C)CC2)OC[C@@H](O)[C@@H]1O. The molecular formula is C40H68O14. The lowest BCUT2D eigenvalue weighted by Gasteiger charge is -2.64. The van der Waals surface area contributed by atoms with Gasteiger partial charge in [0.05, 0.1) is 49.8 Å². The monoisotopic (exact) mass is 772 g/mol. The highest BCUT2D eigenvalue weighted by Gasteiger charge is 2.72. The van der Waals surface area contributed by atoms with E-state index in [9.17, 15) is 46.0 Å². The van der Waals surface area contributed by atoms with Gasteiger partial charge in [0, 0.05) is 19.4 Å². The zero-order valence-electron chi connectivity index (χ0n) is 32.8. The largest absolute Gasteiger partial charge is 0.394 e. The summed E-state index contributed by atoms with van der Waals surface area (Å²) in [5, 5.41) is 98.4. The zero-order valence-corrected chi connectivity index (χ0v) is 32.8. The van der Waals surface area contributed by atoms with Crippen LogP contribution in [-0.4, -0.2) is 152 Å². The molecule has 4 aliphatic carbocycles. The Labute approximate surface area is 319 Å². The standard InChI is InChI=1S/C40H68O14/c1-19(2)21(11-14-51-36-33(48)30(45)26(17-41)54-36)8-7-20(3)28-31(46)32(47)35-39(28,5)13-10-27-38(4)12-9-22(15-23(38)24(42)16-40(27,35)49)53-37-34(50-6)29(44)25(43)18-52-37/h15,19-22,24-37,41-49H,7-14,16-18H2,1-6H3/t20-,21-,22+,24-,25-,26+,27-,28+,29+,30+,31-,32+,33+,34-,35-,36+,37+,38+,39-,40+/m1/s1. The van der Waals surface area contributed by atoms with Gasteiger partial charge < -0.3 is 69.6 Å². The normalized spacial score (nSPS) is 50.3. The summed E-state index contributed by atoms with van der Waals surface area (Å²) in [5.41, 5.74) is -1.77. The molecule has 0 bridgehead atoms. The van der Waals surface area contributed by atoms with E-state index in [-0.39, 0.29) is 36.7 Å². The molecule has 2 saturated heterocycles. The van der Waals surface area contributed by atoms with Crippen molar-refractivity contribution in [2.45, 2.75) is 165 Å². The van der Waals surface area contributed by atoms with Crippen molar-refractivity contribution in [3.05, 3.63) is 11.6 Å². The summed E-state index contributed by atoms with van der Waals surface area (Å²) >= 11 is 0. The second kappa shape index (κ2) is 16.4. The third-order valence-corrected chi connectivity index (χ3v) is 15.1. The molecule has 0 aromatic carbocycles. The van der Waals surface area contributed by atoms with Gasteiger partial charge in [-0.3, -0.25) is 0 Å². The van der Waals surface area contributed by atoms with Crippen LogP contribution in [0.4, 0.5) is 0 Å². The van der Waals surface area contributed by atoms with Crippen LogP contribution in [0.1, 0.15) is 86.0 Å². The molecule has 0 aromatic heterocycles. The highest BCUT2D eigenvalue weighted by molar-refractivity contribution is 5.33. The molecule has 0 unspecified atom stereocenters. The first kappa shape index (κ1) is 42.8. The smallest absolute Gasteiger partial charge is 0.187 e. The van der Waals surface area contributed by atoms with E-state index in [4.69, 9.17) is 23.7 Å². The van der Waals surface area contributed by atoms with Crippen molar-refractivity contribution in [1.29, 1.82) is 0 Å². The highest BCUT2D eigenvalue weighted by atomic mass is 16.7. The Balaban J connectivity index is 1.12. The molecule has 0 radical (unpaired) electrons. The lowest BCUT2D eigenvalue weighted by Crippen LogP contribution is -2.66. The molecule has 20 atom stereocenters. The van der Waals surface area contributed by atoms with Gasteiger partial charge in [0.2, 0.25) is 0 Å². The number of hydrogen-bond donors (Lipinski definition) is 9. The zero-order chi connectivity index (χ0) is 39.5. The Bertz CT molecular complexity index is 1300. The van der Waals surface area contributed by atoms with Crippen LogP contribution in [0.15, 0.2) is 11.6 Å². The van der Waals surface area contributed by atoms with Crippen LogP contribution in [0.2, 0.25) is 0 Å². The molecule has 9 N–H and O–H groups in total. The van der Waals surface area contributed by atoms with E-state index >= 15 is 0 Å². The fraction of sp³-hybridized carbons (Fsp3) is 0.950. The third kappa shape index (κ3) is 7.38. The molecule has 5 fully saturated rings. The molecule has 0 aromatic rings. The molecule has 6 rings (SSSR count). The Kier molecular flexibility index (Phi) is 13.0. The minimum atomic E-state index is -1.41. The van der Waals surface area contributed by atoms with Gasteiger partial charge in [-0.2, -0.15) is 0 Å². The maximum atomic E-state index is 12.8. The van der Waals surface area contributed by atoms with Gasteiger partial charge in [-0.15, -0.1) is 0 Å². The van der Waals surface area contributed by atoms with E-state index in [0.717, 1.165) is 18.4 Å². The molecule has 3 saturated carbocycles. The first-order valence-electron chi connectivity index (χ1n) is 20.3. The van der Waals surface area contributed by atoms with Crippen molar-refractivity contribution in [3.63, 3.8) is 0 Å². The number of methoxy groups -OCH3 is 1. The van der Waals surface area contributed by atoms with Crippen LogP contribution in [0.5, 0.6) is 0 Å². The summed E-state index contributed by atoms with van der Waals surface area (Å²) in [5.74, 6) is -0.550. The van der Waals surface area contributed by atoms with Crippen LogP contribution >= 0.6 is 0 Å². The van der Waals surface area contributed by atoms with E-state index in [1.54, 1.807) is 0 Å². The first-order valence-corrected chi connectivity index (χ1v) is 20.3. The average molecular weight is 773 g/mol. The summed E-state index contributed by atoms with van der Waals surface area (Å²) in [7, 11) is 1.42. The minimum Gasteiger partial charge on any atom is -0.394 e. The second-order valence-corrected chi connectivity index (χ2v) is 18.4. The predicted molar refractivity (Wildman–Crippen MR) is 193 cm³/mol.